The lowest BCUT2D eigenvalue weighted by Crippen LogP contribution is -2.13. The quantitative estimate of drug-likeness (QED) is 0.597. The van der Waals surface area contributed by atoms with E-state index in [9.17, 15) is 0 Å². The lowest BCUT2D eigenvalue weighted by Gasteiger charge is -2.21. The molecule has 1 heteroatoms. The van der Waals surface area contributed by atoms with Gasteiger partial charge in [-0.1, -0.05) is 84.9 Å². The lowest BCUT2D eigenvalue weighted by molar-refractivity contribution is 0.808. The molecule has 0 radical (unpaired) electrons. The Labute approximate surface area is 143 Å². The summed E-state index contributed by atoms with van der Waals surface area (Å²) in [7, 11) is 0. The van der Waals surface area contributed by atoms with Crippen molar-refractivity contribution < 1.29 is 0 Å². The summed E-state index contributed by atoms with van der Waals surface area (Å²) in [5.41, 5.74) is 6.51. The average Bonchev–Trinajstić information content (AvgIpc) is 2.67. The molecule has 1 aliphatic carbocycles. The van der Waals surface area contributed by atoms with Gasteiger partial charge in [0.15, 0.2) is 0 Å². The number of aryl methyl sites for hydroxylation is 1. The van der Waals surface area contributed by atoms with Crippen LogP contribution < -0.4 is 0 Å². The maximum Gasteiger partial charge on any atom is 0.100 e. The molecule has 0 aliphatic heterocycles. The van der Waals surface area contributed by atoms with E-state index in [1.165, 1.54) is 34.4 Å². The molecule has 0 bridgehead atoms. The molecule has 0 saturated heterocycles. The van der Waals surface area contributed by atoms with Crippen molar-refractivity contribution in [2.24, 2.45) is 4.99 Å². The number of nitrogens with zero attached hydrogens (tertiary/aromatic N) is 1. The molecule has 0 unspecified atom stereocenters. The second-order valence-corrected chi connectivity index (χ2v) is 6.31. The van der Waals surface area contributed by atoms with Crippen LogP contribution in [0.25, 0.3) is 0 Å². The molecular weight excluding hydrogens is 290 g/mol. The third-order valence-corrected chi connectivity index (χ3v) is 4.70. The van der Waals surface area contributed by atoms with Gasteiger partial charge in [0.05, 0.1) is 0 Å². The Kier molecular flexibility index (Phi) is 4.24. The van der Waals surface area contributed by atoms with Crippen molar-refractivity contribution in [2.75, 3.05) is 0 Å². The summed E-state index contributed by atoms with van der Waals surface area (Å²) in [6.45, 7) is 0. The standard InChI is InChI=1S/C23H21N/c1-3-11-19(12-4-1)23(20-13-5-2-6-14-20)24-22-17-9-15-18-10-7-8-16-21(18)22/h1-8,10-14,16,23H,9,15,17H2. The Hall–Kier alpha value is -2.67. The molecule has 0 amide bonds. The average molecular weight is 311 g/mol. The SMILES string of the molecule is c1ccc(C(N=C2CCCc3ccccc32)c2ccccc2)cc1. The molecule has 24 heavy (non-hydrogen) atoms. The van der Waals surface area contributed by atoms with Gasteiger partial charge in [0.2, 0.25) is 0 Å². The Morgan fingerprint density at radius 2 is 1.21 bits per heavy atom. The normalized spacial score (nSPS) is 15.5. The van der Waals surface area contributed by atoms with E-state index in [-0.39, 0.29) is 6.04 Å². The van der Waals surface area contributed by atoms with Gasteiger partial charge < -0.3 is 0 Å². The van der Waals surface area contributed by atoms with Crippen LogP contribution in [0.4, 0.5) is 0 Å². The first-order valence-corrected chi connectivity index (χ1v) is 8.66. The molecule has 0 heterocycles. The van der Waals surface area contributed by atoms with Gasteiger partial charge >= 0.3 is 0 Å². The number of aliphatic imine (C=N–C) groups is 1. The molecule has 3 aromatic carbocycles. The highest BCUT2D eigenvalue weighted by molar-refractivity contribution is 6.02. The third-order valence-electron chi connectivity index (χ3n) is 4.70. The van der Waals surface area contributed by atoms with Crippen LogP contribution in [-0.4, -0.2) is 5.71 Å². The van der Waals surface area contributed by atoms with E-state index in [1.54, 1.807) is 0 Å². The highest BCUT2D eigenvalue weighted by Crippen LogP contribution is 2.29. The summed E-state index contributed by atoms with van der Waals surface area (Å²) in [5.74, 6) is 0. The number of benzene rings is 3. The van der Waals surface area contributed by atoms with E-state index < -0.39 is 0 Å². The van der Waals surface area contributed by atoms with Gasteiger partial charge in [0, 0.05) is 5.71 Å². The minimum atomic E-state index is 0.0635. The fraction of sp³-hybridized carbons (Fsp3) is 0.174. The number of rotatable bonds is 3. The van der Waals surface area contributed by atoms with Crippen molar-refractivity contribution >= 4 is 5.71 Å². The summed E-state index contributed by atoms with van der Waals surface area (Å²) in [4.78, 5) is 5.23. The minimum absolute atomic E-state index is 0.0635. The van der Waals surface area contributed by atoms with Crippen LogP contribution in [0.15, 0.2) is 89.9 Å². The highest BCUT2D eigenvalue weighted by atomic mass is 14.8. The Bertz CT molecular complexity index is 795. The van der Waals surface area contributed by atoms with Crippen molar-refractivity contribution in [1.29, 1.82) is 0 Å². The number of hydrogen-bond acceptors (Lipinski definition) is 1. The van der Waals surface area contributed by atoms with Crippen LogP contribution in [-0.2, 0) is 6.42 Å². The smallest absolute Gasteiger partial charge is 0.100 e. The third kappa shape index (κ3) is 3.03. The fourth-order valence-electron chi connectivity index (χ4n) is 3.50. The predicted octanol–water partition coefficient (Wildman–Crippen LogP) is 5.60. The van der Waals surface area contributed by atoms with E-state index >= 15 is 0 Å². The summed E-state index contributed by atoms with van der Waals surface area (Å²) in [6.07, 6.45) is 3.41. The second kappa shape index (κ2) is 6.84. The van der Waals surface area contributed by atoms with Crippen molar-refractivity contribution in [3.05, 3.63) is 107 Å². The van der Waals surface area contributed by atoms with Gasteiger partial charge in [-0.3, -0.25) is 4.99 Å². The van der Waals surface area contributed by atoms with Crippen molar-refractivity contribution in [3.8, 4) is 0 Å². The lowest BCUT2D eigenvalue weighted by atomic mass is 9.89. The molecule has 0 spiro atoms. The molecule has 0 saturated carbocycles. The van der Waals surface area contributed by atoms with Gasteiger partial charge in [-0.05, 0) is 41.5 Å². The van der Waals surface area contributed by atoms with Crippen molar-refractivity contribution in [2.45, 2.75) is 25.3 Å². The van der Waals surface area contributed by atoms with Gasteiger partial charge in [0.25, 0.3) is 0 Å². The minimum Gasteiger partial charge on any atom is -0.276 e. The topological polar surface area (TPSA) is 12.4 Å². The van der Waals surface area contributed by atoms with Crippen molar-refractivity contribution in [1.82, 2.24) is 0 Å². The van der Waals surface area contributed by atoms with E-state index in [2.05, 4.69) is 84.9 Å². The van der Waals surface area contributed by atoms with E-state index in [1.807, 2.05) is 0 Å². The van der Waals surface area contributed by atoms with Crippen LogP contribution in [0.2, 0.25) is 0 Å². The van der Waals surface area contributed by atoms with E-state index in [0.717, 1.165) is 12.8 Å². The summed E-state index contributed by atoms with van der Waals surface area (Å²) in [6, 6.07) is 30.0. The van der Waals surface area contributed by atoms with Gasteiger partial charge in [-0.2, -0.15) is 0 Å². The molecule has 0 N–H and O–H groups in total. The molecule has 118 valence electrons. The first-order valence-electron chi connectivity index (χ1n) is 8.66. The van der Waals surface area contributed by atoms with Crippen LogP contribution in [0.5, 0.6) is 0 Å². The molecule has 4 rings (SSSR count). The zero-order chi connectivity index (χ0) is 16.2. The molecule has 0 fully saturated rings. The van der Waals surface area contributed by atoms with Crippen molar-refractivity contribution in [3.63, 3.8) is 0 Å². The Morgan fingerprint density at radius 3 is 1.88 bits per heavy atom. The maximum atomic E-state index is 5.23. The zero-order valence-electron chi connectivity index (χ0n) is 13.7. The molecule has 0 atom stereocenters. The van der Waals surface area contributed by atoms with Crippen LogP contribution in [0.3, 0.4) is 0 Å². The molecule has 1 aliphatic rings. The van der Waals surface area contributed by atoms with E-state index in [4.69, 9.17) is 4.99 Å². The monoisotopic (exact) mass is 311 g/mol. The first-order chi connectivity index (χ1) is 11.9. The molecule has 3 aromatic rings. The van der Waals surface area contributed by atoms with Crippen LogP contribution in [0, 0.1) is 0 Å². The summed E-state index contributed by atoms with van der Waals surface area (Å²) < 4.78 is 0. The molecule has 1 nitrogen and oxygen atoms in total. The maximum absolute atomic E-state index is 5.23. The largest absolute Gasteiger partial charge is 0.276 e. The summed E-state index contributed by atoms with van der Waals surface area (Å²) >= 11 is 0. The Balaban J connectivity index is 1.81. The molecular formula is C23H21N. The zero-order valence-corrected chi connectivity index (χ0v) is 13.7. The van der Waals surface area contributed by atoms with E-state index in [0.29, 0.717) is 0 Å². The van der Waals surface area contributed by atoms with Crippen LogP contribution >= 0.6 is 0 Å². The summed E-state index contributed by atoms with van der Waals surface area (Å²) in [5, 5.41) is 0. The predicted molar refractivity (Wildman–Crippen MR) is 101 cm³/mol. The second-order valence-electron chi connectivity index (χ2n) is 6.31. The highest BCUT2D eigenvalue weighted by Gasteiger charge is 2.18. The first kappa shape index (κ1) is 14.9. The fourth-order valence-corrected chi connectivity index (χ4v) is 3.50. The van der Waals surface area contributed by atoms with Crippen LogP contribution in [0.1, 0.15) is 41.1 Å². The molecule has 0 aromatic heterocycles. The number of hydrogen-bond donors (Lipinski definition) is 0. The number of fused-ring (bicyclic) bond motifs is 1. The Morgan fingerprint density at radius 1 is 0.625 bits per heavy atom. The van der Waals surface area contributed by atoms with Gasteiger partial charge in [-0.25, -0.2) is 0 Å². The van der Waals surface area contributed by atoms with Gasteiger partial charge in [-0.15, -0.1) is 0 Å². The van der Waals surface area contributed by atoms with Gasteiger partial charge in [0.1, 0.15) is 6.04 Å².